The molecule has 0 amide bonds. The Morgan fingerprint density at radius 1 is 1.20 bits per heavy atom. The molecule has 0 aliphatic heterocycles. The van der Waals surface area contributed by atoms with Gasteiger partial charge in [-0.05, 0) is 53.2 Å². The maximum Gasteiger partial charge on any atom is 0.265 e. The highest BCUT2D eigenvalue weighted by Crippen LogP contribution is 2.25. The van der Waals surface area contributed by atoms with Crippen LogP contribution in [0.5, 0.6) is 0 Å². The van der Waals surface area contributed by atoms with Crippen LogP contribution in [0.15, 0.2) is 51.7 Å². The van der Waals surface area contributed by atoms with Crippen molar-refractivity contribution in [2.45, 2.75) is 6.92 Å². The van der Waals surface area contributed by atoms with E-state index in [9.17, 15) is 4.79 Å². The van der Waals surface area contributed by atoms with Crippen LogP contribution in [0.4, 0.5) is 0 Å². The molecule has 0 aliphatic rings. The van der Waals surface area contributed by atoms with Crippen molar-refractivity contribution < 1.29 is 0 Å². The monoisotopic (exact) mass is 348 g/mol. The summed E-state index contributed by atoms with van der Waals surface area (Å²) >= 11 is 9.39. The first-order chi connectivity index (χ1) is 9.58. The molecule has 3 rings (SSSR count). The summed E-state index contributed by atoms with van der Waals surface area (Å²) in [6.45, 7) is 1.81. The van der Waals surface area contributed by atoms with Crippen molar-refractivity contribution in [2.24, 2.45) is 0 Å². The minimum atomic E-state index is -0.0869. The summed E-state index contributed by atoms with van der Waals surface area (Å²) in [5.74, 6) is 0.636. The smallest absolute Gasteiger partial charge is 0.265 e. The van der Waals surface area contributed by atoms with Crippen molar-refractivity contribution in [1.29, 1.82) is 0 Å². The topological polar surface area (TPSA) is 34.9 Å². The summed E-state index contributed by atoms with van der Waals surface area (Å²) in [6, 6.07) is 12.6. The Morgan fingerprint density at radius 2 is 1.95 bits per heavy atom. The number of aromatic nitrogens is 2. The van der Waals surface area contributed by atoms with Gasteiger partial charge in [0.2, 0.25) is 0 Å². The fraction of sp³-hybridized carbons (Fsp3) is 0.0667. The Hall–Kier alpha value is -1.65. The van der Waals surface area contributed by atoms with Crippen molar-refractivity contribution in [2.75, 3.05) is 0 Å². The van der Waals surface area contributed by atoms with Crippen molar-refractivity contribution in [3.63, 3.8) is 0 Å². The molecular weight excluding hydrogens is 340 g/mol. The van der Waals surface area contributed by atoms with E-state index in [1.807, 2.05) is 25.1 Å². The number of fused-ring (bicyclic) bond motifs is 1. The number of hydrogen-bond acceptors (Lipinski definition) is 2. The van der Waals surface area contributed by atoms with Gasteiger partial charge in [0.1, 0.15) is 5.82 Å². The van der Waals surface area contributed by atoms with Crippen molar-refractivity contribution in [1.82, 2.24) is 9.55 Å². The van der Waals surface area contributed by atoms with Crippen LogP contribution in [0, 0.1) is 6.92 Å². The van der Waals surface area contributed by atoms with E-state index in [0.717, 1.165) is 10.2 Å². The molecule has 0 fully saturated rings. The Morgan fingerprint density at radius 3 is 2.70 bits per heavy atom. The van der Waals surface area contributed by atoms with E-state index >= 15 is 0 Å². The van der Waals surface area contributed by atoms with Crippen molar-refractivity contribution >= 4 is 38.4 Å². The standard InChI is InChI=1S/C15H10BrClN2O/c1-9-18-13-5-3-2-4-11(13)15(20)19(9)14-7-6-10(17)8-12(14)16/h2-8H,1H3. The molecule has 0 aliphatic carbocycles. The van der Waals surface area contributed by atoms with Crippen LogP contribution in [0.25, 0.3) is 16.6 Å². The number of nitrogens with zero attached hydrogens (tertiary/aromatic N) is 2. The zero-order chi connectivity index (χ0) is 14.3. The van der Waals surface area contributed by atoms with Crippen LogP contribution in [-0.4, -0.2) is 9.55 Å². The van der Waals surface area contributed by atoms with E-state index in [1.54, 1.807) is 28.8 Å². The largest absolute Gasteiger partial charge is 0.268 e. The van der Waals surface area contributed by atoms with Gasteiger partial charge in [0.05, 0.1) is 16.6 Å². The highest BCUT2D eigenvalue weighted by molar-refractivity contribution is 9.10. The summed E-state index contributed by atoms with van der Waals surface area (Å²) in [4.78, 5) is 17.1. The molecule has 0 unspecified atom stereocenters. The maximum absolute atomic E-state index is 12.7. The predicted molar refractivity (Wildman–Crippen MR) is 84.8 cm³/mol. The normalized spacial score (nSPS) is 10.9. The summed E-state index contributed by atoms with van der Waals surface area (Å²) in [5.41, 5.74) is 1.35. The van der Waals surface area contributed by atoms with E-state index in [0.29, 0.717) is 21.7 Å². The maximum atomic E-state index is 12.7. The molecule has 20 heavy (non-hydrogen) atoms. The van der Waals surface area contributed by atoms with Gasteiger partial charge in [-0.1, -0.05) is 23.7 Å². The van der Waals surface area contributed by atoms with Crippen LogP contribution in [0.2, 0.25) is 5.02 Å². The number of rotatable bonds is 1. The summed E-state index contributed by atoms with van der Waals surface area (Å²) in [6.07, 6.45) is 0. The second-order valence-electron chi connectivity index (χ2n) is 4.41. The first kappa shape index (κ1) is 13.3. The van der Waals surface area contributed by atoms with Crippen LogP contribution < -0.4 is 5.56 Å². The molecule has 100 valence electrons. The third kappa shape index (κ3) is 2.15. The molecule has 5 heteroatoms. The lowest BCUT2D eigenvalue weighted by atomic mass is 10.2. The molecule has 0 saturated heterocycles. The second kappa shape index (κ2) is 5.04. The lowest BCUT2D eigenvalue weighted by Gasteiger charge is -2.12. The van der Waals surface area contributed by atoms with Gasteiger partial charge in [0, 0.05) is 9.50 Å². The zero-order valence-electron chi connectivity index (χ0n) is 10.6. The quantitative estimate of drug-likeness (QED) is 0.662. The second-order valence-corrected chi connectivity index (χ2v) is 5.70. The van der Waals surface area contributed by atoms with Gasteiger partial charge < -0.3 is 0 Å². The average molecular weight is 350 g/mol. The van der Waals surface area contributed by atoms with Crippen molar-refractivity contribution in [3.8, 4) is 5.69 Å². The van der Waals surface area contributed by atoms with Crippen molar-refractivity contribution in [3.05, 3.63) is 68.1 Å². The Kier molecular flexibility index (Phi) is 3.36. The van der Waals surface area contributed by atoms with Gasteiger partial charge in [-0.3, -0.25) is 9.36 Å². The minimum Gasteiger partial charge on any atom is -0.268 e. The summed E-state index contributed by atoms with van der Waals surface area (Å²) in [7, 11) is 0. The lowest BCUT2D eigenvalue weighted by Crippen LogP contribution is -2.22. The number of halogens is 2. The van der Waals surface area contributed by atoms with E-state index in [4.69, 9.17) is 11.6 Å². The van der Waals surface area contributed by atoms with Gasteiger partial charge in [-0.2, -0.15) is 0 Å². The van der Waals surface area contributed by atoms with Crippen LogP contribution in [0.1, 0.15) is 5.82 Å². The fourth-order valence-corrected chi connectivity index (χ4v) is 3.05. The minimum absolute atomic E-state index is 0.0869. The van der Waals surface area contributed by atoms with E-state index in [2.05, 4.69) is 20.9 Å². The SMILES string of the molecule is Cc1nc2ccccc2c(=O)n1-c1ccc(Cl)cc1Br. The Balaban J connectivity index is 2.39. The third-order valence-corrected chi connectivity index (χ3v) is 3.96. The Labute approximate surface area is 129 Å². The van der Waals surface area contributed by atoms with Gasteiger partial charge in [0.25, 0.3) is 5.56 Å². The highest BCUT2D eigenvalue weighted by atomic mass is 79.9. The molecule has 3 aromatic rings. The average Bonchev–Trinajstić information content (AvgIpc) is 2.41. The molecule has 3 nitrogen and oxygen atoms in total. The Bertz CT molecular complexity index is 873. The number of hydrogen-bond donors (Lipinski definition) is 0. The van der Waals surface area contributed by atoms with E-state index in [1.165, 1.54) is 0 Å². The molecule has 0 N–H and O–H groups in total. The van der Waals surface area contributed by atoms with Crippen LogP contribution in [-0.2, 0) is 0 Å². The number of benzene rings is 2. The van der Waals surface area contributed by atoms with Gasteiger partial charge in [-0.15, -0.1) is 0 Å². The highest BCUT2D eigenvalue weighted by Gasteiger charge is 2.12. The molecule has 2 aromatic carbocycles. The summed E-state index contributed by atoms with van der Waals surface area (Å²) in [5, 5.41) is 1.21. The van der Waals surface area contributed by atoms with Crippen LogP contribution in [0.3, 0.4) is 0 Å². The first-order valence-corrected chi connectivity index (χ1v) is 7.19. The fourth-order valence-electron chi connectivity index (χ4n) is 2.19. The molecule has 0 spiro atoms. The molecule has 0 saturated carbocycles. The predicted octanol–water partition coefficient (Wildman–Crippen LogP) is 4.11. The molecule has 1 aromatic heterocycles. The number of para-hydroxylation sites is 1. The van der Waals surface area contributed by atoms with Crippen LogP contribution >= 0.6 is 27.5 Å². The summed E-state index contributed by atoms with van der Waals surface area (Å²) < 4.78 is 2.34. The van der Waals surface area contributed by atoms with Gasteiger partial charge in [0.15, 0.2) is 0 Å². The third-order valence-electron chi connectivity index (χ3n) is 3.09. The molecular formula is C15H10BrClN2O. The van der Waals surface area contributed by atoms with E-state index in [-0.39, 0.29) is 5.56 Å². The molecule has 1 heterocycles. The zero-order valence-corrected chi connectivity index (χ0v) is 12.9. The lowest BCUT2D eigenvalue weighted by molar-refractivity contribution is 0.891. The first-order valence-electron chi connectivity index (χ1n) is 6.02. The molecule has 0 radical (unpaired) electrons. The molecule has 0 atom stereocenters. The van der Waals surface area contributed by atoms with Gasteiger partial charge in [-0.25, -0.2) is 4.98 Å². The van der Waals surface area contributed by atoms with Gasteiger partial charge >= 0.3 is 0 Å². The number of aryl methyl sites for hydroxylation is 1. The molecule has 0 bridgehead atoms. The van der Waals surface area contributed by atoms with E-state index < -0.39 is 0 Å².